The average molecular weight is 415 g/mol. The smallest absolute Gasteiger partial charge is 0.322 e. The van der Waals surface area contributed by atoms with Gasteiger partial charge >= 0.3 is 6.03 Å². The van der Waals surface area contributed by atoms with Gasteiger partial charge in [-0.25, -0.2) is 4.79 Å². The number of hydrogen-bond acceptors (Lipinski definition) is 6. The van der Waals surface area contributed by atoms with Gasteiger partial charge in [0.15, 0.2) is 0 Å². The van der Waals surface area contributed by atoms with Crippen LogP contribution in [0.25, 0.3) is 0 Å². The molecule has 162 valence electrons. The van der Waals surface area contributed by atoms with Crippen LogP contribution in [0.4, 0.5) is 4.79 Å². The Bertz CT molecular complexity index is 785. The Morgan fingerprint density at radius 2 is 1.87 bits per heavy atom. The average Bonchev–Trinajstić information content (AvgIpc) is 2.97. The largest absolute Gasteiger partial charge is 0.344 e. The highest BCUT2D eigenvalue weighted by atomic mass is 16.2. The molecule has 3 fully saturated rings. The predicted molar refractivity (Wildman–Crippen MR) is 110 cm³/mol. The highest BCUT2D eigenvalue weighted by molar-refractivity contribution is 6.08. The van der Waals surface area contributed by atoms with Gasteiger partial charge in [-0.2, -0.15) is 5.01 Å². The molecule has 4 rings (SSSR count). The summed E-state index contributed by atoms with van der Waals surface area (Å²) >= 11 is 0. The number of carbonyl (C=O) groups excluding carboxylic acids is 3. The van der Waals surface area contributed by atoms with E-state index in [1.54, 1.807) is 6.20 Å². The molecule has 9 heteroatoms. The van der Waals surface area contributed by atoms with Crippen LogP contribution in [0.2, 0.25) is 0 Å². The zero-order valence-electron chi connectivity index (χ0n) is 17.5. The van der Waals surface area contributed by atoms with Gasteiger partial charge in [0.25, 0.3) is 11.8 Å². The number of imide groups is 1. The van der Waals surface area contributed by atoms with Crippen LogP contribution in [0.15, 0.2) is 24.4 Å². The van der Waals surface area contributed by atoms with Gasteiger partial charge in [0.05, 0.1) is 12.2 Å². The number of nitrogens with one attached hydrogen (secondary N) is 2. The summed E-state index contributed by atoms with van der Waals surface area (Å²) in [6.07, 6.45) is 4.85. The number of urea groups is 1. The second-order valence-corrected chi connectivity index (χ2v) is 8.74. The van der Waals surface area contributed by atoms with Crippen LogP contribution in [-0.2, 0) is 16.1 Å². The fourth-order valence-electron chi connectivity index (χ4n) is 4.51. The molecule has 0 bridgehead atoms. The summed E-state index contributed by atoms with van der Waals surface area (Å²) in [4.78, 5) is 46.4. The number of hydrogen-bond donors (Lipinski definition) is 2. The van der Waals surface area contributed by atoms with E-state index in [1.165, 1.54) is 0 Å². The van der Waals surface area contributed by atoms with Crippen LogP contribution in [0.1, 0.15) is 38.3 Å². The minimum Gasteiger partial charge on any atom is -0.322 e. The lowest BCUT2D eigenvalue weighted by atomic mass is 9.77. The monoisotopic (exact) mass is 414 g/mol. The molecule has 2 saturated heterocycles. The quantitative estimate of drug-likeness (QED) is 0.690. The first-order chi connectivity index (χ1) is 14.4. The molecule has 0 atom stereocenters. The van der Waals surface area contributed by atoms with E-state index in [0.29, 0.717) is 18.8 Å². The van der Waals surface area contributed by atoms with E-state index in [2.05, 4.69) is 27.6 Å². The van der Waals surface area contributed by atoms with Crippen molar-refractivity contribution in [2.75, 3.05) is 32.7 Å². The van der Waals surface area contributed by atoms with Gasteiger partial charge in [-0.15, -0.1) is 0 Å². The molecule has 9 nitrogen and oxygen atoms in total. The maximum atomic E-state index is 12.8. The van der Waals surface area contributed by atoms with Gasteiger partial charge in [-0.3, -0.25) is 29.8 Å². The van der Waals surface area contributed by atoms with Gasteiger partial charge < -0.3 is 5.32 Å². The van der Waals surface area contributed by atoms with Crippen LogP contribution in [0.5, 0.6) is 0 Å². The Morgan fingerprint density at radius 1 is 1.17 bits per heavy atom. The highest BCUT2D eigenvalue weighted by Gasteiger charge is 2.52. The van der Waals surface area contributed by atoms with E-state index in [4.69, 9.17) is 0 Å². The maximum Gasteiger partial charge on any atom is 0.344 e. The number of amides is 4. The van der Waals surface area contributed by atoms with Crippen molar-refractivity contribution in [1.29, 1.82) is 0 Å². The van der Waals surface area contributed by atoms with Crippen molar-refractivity contribution in [1.82, 2.24) is 30.5 Å². The summed E-state index contributed by atoms with van der Waals surface area (Å²) in [6.45, 7) is 6.30. The SMILES string of the molecule is CC1CCC2(CC1)NC(=O)N(NC(=O)CN1CCN(Cc3ccccn3)CC1)C2=O. The van der Waals surface area contributed by atoms with Crippen LogP contribution < -0.4 is 10.7 Å². The Balaban J connectivity index is 1.24. The molecule has 2 aliphatic heterocycles. The zero-order valence-corrected chi connectivity index (χ0v) is 17.5. The minimum atomic E-state index is -0.839. The Morgan fingerprint density at radius 3 is 2.53 bits per heavy atom. The van der Waals surface area contributed by atoms with Gasteiger partial charge in [0.1, 0.15) is 5.54 Å². The molecule has 3 heterocycles. The second kappa shape index (κ2) is 8.69. The third-order valence-corrected chi connectivity index (χ3v) is 6.47. The van der Waals surface area contributed by atoms with Gasteiger partial charge in [-0.1, -0.05) is 13.0 Å². The van der Waals surface area contributed by atoms with E-state index in [1.807, 2.05) is 23.1 Å². The Kier molecular flexibility index (Phi) is 6.01. The highest BCUT2D eigenvalue weighted by Crippen LogP contribution is 2.35. The molecule has 1 aromatic heterocycles. The normalized spacial score (nSPS) is 28.0. The summed E-state index contributed by atoms with van der Waals surface area (Å²) in [7, 11) is 0. The third-order valence-electron chi connectivity index (χ3n) is 6.47. The standard InChI is InChI=1S/C21H30N6O3/c1-16-5-7-21(8-6-16)19(29)27(20(30)23-21)24-18(28)15-26-12-10-25(11-13-26)14-17-4-2-3-9-22-17/h2-4,9,16H,5-8,10-15H2,1H3,(H,23,30)(H,24,28). The summed E-state index contributed by atoms with van der Waals surface area (Å²) in [5, 5.41) is 3.71. The lowest BCUT2D eigenvalue weighted by Gasteiger charge is -2.34. The second-order valence-electron chi connectivity index (χ2n) is 8.74. The first kappa shape index (κ1) is 20.7. The Labute approximate surface area is 176 Å². The minimum absolute atomic E-state index is 0.165. The molecular formula is C21H30N6O3. The number of hydrazine groups is 1. The molecule has 0 unspecified atom stereocenters. The summed E-state index contributed by atoms with van der Waals surface area (Å²) in [5.41, 5.74) is 2.72. The summed E-state index contributed by atoms with van der Waals surface area (Å²) in [5.74, 6) is -0.105. The number of nitrogens with zero attached hydrogens (tertiary/aromatic N) is 4. The molecule has 2 N–H and O–H groups in total. The van der Waals surface area contributed by atoms with Crippen molar-refractivity contribution in [3.05, 3.63) is 30.1 Å². The third kappa shape index (κ3) is 4.46. The lowest BCUT2D eigenvalue weighted by Crippen LogP contribution is -2.54. The molecule has 3 aliphatic rings. The van der Waals surface area contributed by atoms with Gasteiger partial charge in [0.2, 0.25) is 0 Å². The molecule has 1 saturated carbocycles. The van der Waals surface area contributed by atoms with Crippen molar-refractivity contribution >= 4 is 17.8 Å². The lowest BCUT2D eigenvalue weighted by molar-refractivity contribution is -0.140. The number of aromatic nitrogens is 1. The molecule has 1 aliphatic carbocycles. The molecule has 4 amide bonds. The number of pyridine rings is 1. The van der Waals surface area contributed by atoms with Crippen LogP contribution in [0, 0.1) is 5.92 Å². The van der Waals surface area contributed by atoms with Crippen LogP contribution >= 0.6 is 0 Å². The number of carbonyl (C=O) groups is 3. The molecule has 30 heavy (non-hydrogen) atoms. The van der Waals surface area contributed by atoms with Crippen molar-refractivity contribution in [3.8, 4) is 0 Å². The van der Waals surface area contributed by atoms with E-state index in [0.717, 1.165) is 56.3 Å². The molecule has 0 radical (unpaired) electrons. The van der Waals surface area contributed by atoms with Gasteiger partial charge in [0, 0.05) is 38.9 Å². The number of piperazine rings is 1. The van der Waals surface area contributed by atoms with E-state index < -0.39 is 11.6 Å². The summed E-state index contributed by atoms with van der Waals surface area (Å²) < 4.78 is 0. The van der Waals surface area contributed by atoms with E-state index in [-0.39, 0.29) is 18.4 Å². The zero-order chi connectivity index (χ0) is 21.1. The van der Waals surface area contributed by atoms with Crippen molar-refractivity contribution in [3.63, 3.8) is 0 Å². The molecule has 1 spiro atoms. The fraction of sp³-hybridized carbons (Fsp3) is 0.619. The molecular weight excluding hydrogens is 384 g/mol. The predicted octanol–water partition coefficient (Wildman–Crippen LogP) is 0.731. The summed E-state index contributed by atoms with van der Waals surface area (Å²) in [6, 6.07) is 5.37. The van der Waals surface area contributed by atoms with Crippen molar-refractivity contribution in [2.24, 2.45) is 5.92 Å². The first-order valence-electron chi connectivity index (χ1n) is 10.8. The molecule has 1 aromatic rings. The van der Waals surface area contributed by atoms with Crippen molar-refractivity contribution in [2.45, 2.75) is 44.7 Å². The van der Waals surface area contributed by atoms with Crippen molar-refractivity contribution < 1.29 is 14.4 Å². The Hall–Kier alpha value is -2.52. The number of rotatable bonds is 5. The van der Waals surface area contributed by atoms with E-state index in [9.17, 15) is 14.4 Å². The molecule has 0 aromatic carbocycles. The topological polar surface area (TPSA) is 97.9 Å². The maximum absolute atomic E-state index is 12.8. The van der Waals surface area contributed by atoms with Crippen LogP contribution in [-0.4, -0.2) is 75.9 Å². The fourth-order valence-corrected chi connectivity index (χ4v) is 4.51. The first-order valence-corrected chi connectivity index (χ1v) is 10.8. The van der Waals surface area contributed by atoms with Crippen LogP contribution in [0.3, 0.4) is 0 Å². The van der Waals surface area contributed by atoms with E-state index >= 15 is 0 Å². The van der Waals surface area contributed by atoms with Gasteiger partial charge in [-0.05, 0) is 43.7 Å².